The lowest BCUT2D eigenvalue weighted by Gasteiger charge is -2.02. The number of carbonyl (C=O) groups excluding carboxylic acids is 1. The molecule has 18 heavy (non-hydrogen) atoms. The highest BCUT2D eigenvalue weighted by atomic mass is 35.5. The van der Waals surface area contributed by atoms with Crippen molar-refractivity contribution < 1.29 is 14.5 Å². The first-order valence-electron chi connectivity index (χ1n) is 5.03. The van der Waals surface area contributed by atoms with E-state index in [2.05, 4.69) is 4.98 Å². The minimum atomic E-state index is -0.639. The summed E-state index contributed by atoms with van der Waals surface area (Å²) < 4.78 is 6.10. The van der Waals surface area contributed by atoms with E-state index in [1.165, 1.54) is 22.9 Å². The second kappa shape index (κ2) is 4.61. The molecule has 7 nitrogen and oxygen atoms in total. The van der Waals surface area contributed by atoms with Gasteiger partial charge in [0.2, 0.25) is 5.65 Å². The summed E-state index contributed by atoms with van der Waals surface area (Å²) >= 11 is 5.74. The van der Waals surface area contributed by atoms with E-state index in [4.69, 9.17) is 16.3 Å². The molecule has 0 aliphatic rings. The normalized spacial score (nSPS) is 10.6. The van der Waals surface area contributed by atoms with Crippen molar-refractivity contribution in [1.82, 2.24) is 9.38 Å². The molecule has 0 amide bonds. The van der Waals surface area contributed by atoms with Gasteiger partial charge in [0.15, 0.2) is 5.69 Å². The molecule has 0 radical (unpaired) electrons. The highest BCUT2D eigenvalue weighted by molar-refractivity contribution is 6.33. The van der Waals surface area contributed by atoms with Crippen LogP contribution in [0.1, 0.15) is 17.4 Å². The Bertz CT molecular complexity index is 637. The molecule has 0 aromatic carbocycles. The fourth-order valence-electron chi connectivity index (χ4n) is 1.54. The molecule has 0 fully saturated rings. The standard InChI is InChI=1S/C10H8ClN3O4/c1-2-18-10(15)7-5-12-9-8(14(16)17)6(11)3-4-13(7)9/h3-5H,2H2,1H3. The Balaban J connectivity index is 2.65. The van der Waals surface area contributed by atoms with Gasteiger partial charge in [-0.3, -0.25) is 14.5 Å². The van der Waals surface area contributed by atoms with Crippen LogP contribution in [-0.2, 0) is 4.74 Å². The van der Waals surface area contributed by atoms with E-state index in [-0.39, 0.29) is 28.7 Å². The SMILES string of the molecule is CCOC(=O)c1cnc2c([N+](=O)[O-])c(Cl)ccn12. The van der Waals surface area contributed by atoms with Gasteiger partial charge in [0.05, 0.1) is 17.7 Å². The van der Waals surface area contributed by atoms with E-state index >= 15 is 0 Å². The van der Waals surface area contributed by atoms with Crippen LogP contribution in [0.2, 0.25) is 5.02 Å². The molecule has 0 aliphatic carbocycles. The molecule has 0 aliphatic heterocycles. The van der Waals surface area contributed by atoms with Crippen molar-refractivity contribution in [2.45, 2.75) is 6.92 Å². The summed E-state index contributed by atoms with van der Waals surface area (Å²) in [5.74, 6) is -0.596. The number of carbonyl (C=O) groups is 1. The number of esters is 1. The fourth-order valence-corrected chi connectivity index (χ4v) is 1.75. The van der Waals surface area contributed by atoms with E-state index in [0.717, 1.165) is 0 Å². The maximum atomic E-state index is 11.6. The van der Waals surface area contributed by atoms with E-state index in [1.54, 1.807) is 6.92 Å². The van der Waals surface area contributed by atoms with Gasteiger partial charge in [0, 0.05) is 6.20 Å². The van der Waals surface area contributed by atoms with Gasteiger partial charge < -0.3 is 4.74 Å². The maximum absolute atomic E-state index is 11.6. The van der Waals surface area contributed by atoms with Crippen LogP contribution in [0.5, 0.6) is 0 Å². The molecular weight excluding hydrogens is 262 g/mol. The average Bonchev–Trinajstić information content (AvgIpc) is 2.72. The molecule has 2 heterocycles. The van der Waals surface area contributed by atoms with Crippen molar-refractivity contribution in [2.75, 3.05) is 6.61 Å². The number of aromatic nitrogens is 2. The number of nitrogens with zero attached hydrogens (tertiary/aromatic N) is 3. The van der Waals surface area contributed by atoms with E-state index in [0.29, 0.717) is 0 Å². The topological polar surface area (TPSA) is 86.7 Å². The number of imidazole rings is 1. The zero-order chi connectivity index (χ0) is 13.3. The molecule has 2 aromatic rings. The minimum absolute atomic E-state index is 0.00977. The summed E-state index contributed by atoms with van der Waals surface area (Å²) in [4.78, 5) is 25.7. The van der Waals surface area contributed by atoms with Crippen LogP contribution >= 0.6 is 11.6 Å². The molecule has 2 aromatic heterocycles. The Morgan fingerprint density at radius 1 is 1.67 bits per heavy atom. The maximum Gasteiger partial charge on any atom is 0.356 e. The van der Waals surface area contributed by atoms with Crippen LogP contribution < -0.4 is 0 Å². The first-order chi connectivity index (χ1) is 8.56. The molecule has 94 valence electrons. The number of fused-ring (bicyclic) bond motifs is 1. The number of ether oxygens (including phenoxy) is 1. The van der Waals surface area contributed by atoms with Gasteiger partial charge >= 0.3 is 11.7 Å². The highest BCUT2D eigenvalue weighted by Crippen LogP contribution is 2.28. The molecule has 2 rings (SSSR count). The van der Waals surface area contributed by atoms with Crippen LogP contribution in [-0.4, -0.2) is 26.9 Å². The number of hydrogen-bond donors (Lipinski definition) is 0. The van der Waals surface area contributed by atoms with Crippen molar-refractivity contribution >= 4 is 28.9 Å². The first kappa shape index (κ1) is 12.3. The zero-order valence-corrected chi connectivity index (χ0v) is 10.0. The third kappa shape index (κ3) is 1.88. The Hall–Kier alpha value is -2.15. The lowest BCUT2D eigenvalue weighted by Crippen LogP contribution is -2.08. The summed E-state index contributed by atoms with van der Waals surface area (Å²) in [6.07, 6.45) is 2.65. The van der Waals surface area contributed by atoms with Gasteiger partial charge in [0.25, 0.3) is 0 Å². The van der Waals surface area contributed by atoms with Crippen molar-refractivity contribution in [3.63, 3.8) is 0 Å². The van der Waals surface area contributed by atoms with Gasteiger partial charge in [-0.15, -0.1) is 0 Å². The second-order valence-electron chi connectivity index (χ2n) is 3.33. The zero-order valence-electron chi connectivity index (χ0n) is 9.29. The van der Waals surface area contributed by atoms with Crippen molar-refractivity contribution in [1.29, 1.82) is 0 Å². The first-order valence-corrected chi connectivity index (χ1v) is 5.41. The van der Waals surface area contributed by atoms with E-state index in [9.17, 15) is 14.9 Å². The van der Waals surface area contributed by atoms with Crippen LogP contribution in [0.4, 0.5) is 5.69 Å². The van der Waals surface area contributed by atoms with Crippen LogP contribution in [0, 0.1) is 10.1 Å². The molecule has 0 spiro atoms. The highest BCUT2D eigenvalue weighted by Gasteiger charge is 2.23. The Morgan fingerprint density at radius 2 is 2.39 bits per heavy atom. The second-order valence-corrected chi connectivity index (χ2v) is 3.73. The number of halogens is 1. The number of nitro groups is 1. The summed E-state index contributed by atoms with van der Waals surface area (Å²) in [7, 11) is 0. The molecule has 0 N–H and O–H groups in total. The van der Waals surface area contributed by atoms with Crippen molar-refractivity contribution in [3.8, 4) is 0 Å². The molecule has 0 unspecified atom stereocenters. The van der Waals surface area contributed by atoms with Gasteiger partial charge in [-0.05, 0) is 13.0 Å². The smallest absolute Gasteiger partial charge is 0.356 e. The predicted molar refractivity (Wildman–Crippen MR) is 62.8 cm³/mol. The largest absolute Gasteiger partial charge is 0.461 e. The summed E-state index contributed by atoms with van der Waals surface area (Å²) in [6, 6.07) is 1.33. The predicted octanol–water partition coefficient (Wildman–Crippen LogP) is 2.07. The fraction of sp³-hybridized carbons (Fsp3) is 0.200. The van der Waals surface area contributed by atoms with Crippen molar-refractivity contribution in [2.24, 2.45) is 0 Å². The van der Waals surface area contributed by atoms with Crippen LogP contribution in [0.3, 0.4) is 0 Å². The van der Waals surface area contributed by atoms with E-state index in [1.807, 2.05) is 0 Å². The Kier molecular flexibility index (Phi) is 3.15. The number of hydrogen-bond acceptors (Lipinski definition) is 5. The molecule has 0 saturated heterocycles. The summed E-state index contributed by atoms with van der Waals surface area (Å²) in [5, 5.41) is 10.9. The van der Waals surface area contributed by atoms with E-state index < -0.39 is 10.9 Å². The molecule has 0 atom stereocenters. The molecule has 0 bridgehead atoms. The minimum Gasteiger partial charge on any atom is -0.461 e. The third-order valence-corrected chi connectivity index (χ3v) is 2.58. The van der Waals surface area contributed by atoms with Gasteiger partial charge in [0.1, 0.15) is 5.02 Å². The van der Waals surface area contributed by atoms with Crippen LogP contribution in [0.25, 0.3) is 5.65 Å². The number of rotatable bonds is 3. The third-order valence-electron chi connectivity index (χ3n) is 2.27. The van der Waals surface area contributed by atoms with Crippen LogP contribution in [0.15, 0.2) is 18.5 Å². The van der Waals surface area contributed by atoms with Gasteiger partial charge in [-0.25, -0.2) is 9.78 Å². The molecule has 0 saturated carbocycles. The van der Waals surface area contributed by atoms with Gasteiger partial charge in [-0.2, -0.15) is 0 Å². The lowest BCUT2D eigenvalue weighted by molar-refractivity contribution is -0.383. The average molecular weight is 270 g/mol. The quantitative estimate of drug-likeness (QED) is 0.484. The van der Waals surface area contributed by atoms with Crippen molar-refractivity contribution in [3.05, 3.63) is 39.3 Å². The summed E-state index contributed by atoms with van der Waals surface area (Å²) in [5.41, 5.74) is -0.211. The lowest BCUT2D eigenvalue weighted by atomic mass is 10.4. The Labute approximate surface area is 106 Å². The van der Waals surface area contributed by atoms with Gasteiger partial charge in [-0.1, -0.05) is 11.6 Å². The monoisotopic (exact) mass is 269 g/mol. The molecule has 8 heteroatoms. The number of pyridine rings is 1. The summed E-state index contributed by atoms with van der Waals surface area (Å²) in [6.45, 7) is 1.88. The molecular formula is C10H8ClN3O4. The Morgan fingerprint density at radius 3 is 3.00 bits per heavy atom.